The van der Waals surface area contributed by atoms with Crippen LogP contribution in [0.3, 0.4) is 0 Å². The van der Waals surface area contributed by atoms with E-state index in [9.17, 15) is 10.1 Å². The summed E-state index contributed by atoms with van der Waals surface area (Å²) in [5, 5.41) is 11.2. The first-order chi connectivity index (χ1) is 9.06. The molecule has 2 aromatic rings. The highest BCUT2D eigenvalue weighted by atomic mass is 35.5. The first kappa shape index (κ1) is 13.2. The third-order valence-electron chi connectivity index (χ3n) is 2.33. The highest BCUT2D eigenvalue weighted by Crippen LogP contribution is 2.25. The Bertz CT molecular complexity index is 602. The number of ether oxygens (including phenoxy) is 1. The van der Waals surface area contributed by atoms with Gasteiger partial charge < -0.3 is 14.9 Å². The van der Waals surface area contributed by atoms with Gasteiger partial charge in [0.2, 0.25) is 5.75 Å². The summed E-state index contributed by atoms with van der Waals surface area (Å²) in [5.74, 6) is -0.160. The minimum Gasteiger partial charge on any atom is -0.481 e. The zero-order chi connectivity index (χ0) is 13.8. The van der Waals surface area contributed by atoms with Gasteiger partial charge in [0.05, 0.1) is 0 Å². The number of aromatic nitrogens is 2. The van der Waals surface area contributed by atoms with Gasteiger partial charge in [-0.3, -0.25) is 0 Å². The van der Waals surface area contributed by atoms with Crippen molar-refractivity contribution in [1.82, 2.24) is 9.97 Å². The van der Waals surface area contributed by atoms with E-state index in [4.69, 9.17) is 16.3 Å². The van der Waals surface area contributed by atoms with Crippen molar-refractivity contribution in [1.29, 1.82) is 0 Å². The zero-order valence-corrected chi connectivity index (χ0v) is 10.8. The third-order valence-corrected chi connectivity index (χ3v) is 2.56. The lowest BCUT2D eigenvalue weighted by atomic mass is 10.3. The average molecular weight is 280 g/mol. The number of aryl methyl sites for hydroxylation is 1. The fraction of sp³-hybridized carbons (Fsp3) is 0.167. The minimum atomic E-state index is -0.567. The summed E-state index contributed by atoms with van der Waals surface area (Å²) >= 11 is 5.66. The number of halogens is 1. The standard InChI is InChI=1S/C12H10ClN3O3/c1-8-2-4-10(12(15-8)16(17)18)19-7-9-3-5-11(13)14-6-9/h2-6H,7H2,1H3. The van der Waals surface area contributed by atoms with Gasteiger partial charge in [-0.15, -0.1) is 0 Å². The van der Waals surface area contributed by atoms with Crippen LogP contribution in [-0.4, -0.2) is 14.9 Å². The van der Waals surface area contributed by atoms with E-state index >= 15 is 0 Å². The van der Waals surface area contributed by atoms with Crippen LogP contribution in [0, 0.1) is 17.0 Å². The van der Waals surface area contributed by atoms with Crippen molar-refractivity contribution in [2.45, 2.75) is 13.5 Å². The van der Waals surface area contributed by atoms with E-state index in [2.05, 4.69) is 9.97 Å². The maximum atomic E-state index is 10.9. The first-order valence-electron chi connectivity index (χ1n) is 5.41. The fourth-order valence-electron chi connectivity index (χ4n) is 1.43. The lowest BCUT2D eigenvalue weighted by Gasteiger charge is -2.06. The molecular weight excluding hydrogens is 270 g/mol. The molecule has 0 N–H and O–H groups in total. The molecule has 0 saturated heterocycles. The molecule has 7 heteroatoms. The molecule has 0 aliphatic heterocycles. The average Bonchev–Trinajstić information content (AvgIpc) is 2.39. The predicted octanol–water partition coefficient (Wildman–Crippen LogP) is 2.93. The smallest absolute Gasteiger partial charge is 0.406 e. The van der Waals surface area contributed by atoms with Crippen LogP contribution >= 0.6 is 11.6 Å². The quantitative estimate of drug-likeness (QED) is 0.488. The first-order valence-corrected chi connectivity index (χ1v) is 5.79. The second-order valence-electron chi connectivity index (χ2n) is 3.81. The van der Waals surface area contributed by atoms with Gasteiger partial charge in [0.15, 0.2) is 0 Å². The number of hydrogen-bond acceptors (Lipinski definition) is 5. The molecule has 0 amide bonds. The molecule has 6 nitrogen and oxygen atoms in total. The molecule has 0 radical (unpaired) electrons. The van der Waals surface area contributed by atoms with E-state index in [1.165, 1.54) is 6.07 Å². The Morgan fingerprint density at radius 2 is 2.16 bits per heavy atom. The van der Waals surface area contributed by atoms with E-state index in [1.807, 2.05) is 0 Å². The number of nitrogens with zero attached hydrogens (tertiary/aromatic N) is 3. The van der Waals surface area contributed by atoms with Gasteiger partial charge >= 0.3 is 5.82 Å². The predicted molar refractivity (Wildman–Crippen MR) is 69.2 cm³/mol. The van der Waals surface area contributed by atoms with Gasteiger partial charge in [0, 0.05) is 18.7 Å². The van der Waals surface area contributed by atoms with Crippen LogP contribution < -0.4 is 4.74 Å². The van der Waals surface area contributed by atoms with E-state index in [0.29, 0.717) is 10.8 Å². The van der Waals surface area contributed by atoms with E-state index in [1.54, 1.807) is 31.3 Å². The van der Waals surface area contributed by atoms with Crippen LogP contribution in [0.15, 0.2) is 30.5 Å². The van der Waals surface area contributed by atoms with Crippen molar-refractivity contribution in [3.8, 4) is 5.75 Å². The van der Waals surface area contributed by atoms with E-state index < -0.39 is 4.92 Å². The molecule has 0 bridgehead atoms. The molecule has 2 heterocycles. The van der Waals surface area contributed by atoms with Crippen molar-refractivity contribution in [3.05, 3.63) is 57.0 Å². The summed E-state index contributed by atoms with van der Waals surface area (Å²) in [4.78, 5) is 18.0. The van der Waals surface area contributed by atoms with Crippen LogP contribution in [-0.2, 0) is 6.61 Å². The maximum Gasteiger partial charge on any atom is 0.406 e. The molecule has 0 saturated carbocycles. The summed E-state index contributed by atoms with van der Waals surface area (Å²) < 4.78 is 5.39. The monoisotopic (exact) mass is 279 g/mol. The second-order valence-corrected chi connectivity index (χ2v) is 4.20. The number of rotatable bonds is 4. The van der Waals surface area contributed by atoms with Gasteiger partial charge in [0.25, 0.3) is 0 Å². The van der Waals surface area contributed by atoms with Crippen LogP contribution in [0.25, 0.3) is 0 Å². The maximum absolute atomic E-state index is 10.9. The van der Waals surface area contributed by atoms with Gasteiger partial charge in [-0.1, -0.05) is 17.7 Å². The van der Waals surface area contributed by atoms with Gasteiger partial charge in [-0.2, -0.15) is 0 Å². The van der Waals surface area contributed by atoms with Crippen molar-refractivity contribution in [2.24, 2.45) is 0 Å². The second kappa shape index (κ2) is 5.62. The highest BCUT2D eigenvalue weighted by molar-refractivity contribution is 6.29. The molecule has 2 rings (SSSR count). The van der Waals surface area contributed by atoms with Gasteiger partial charge in [-0.25, -0.2) is 4.98 Å². The summed E-state index contributed by atoms with van der Waals surface area (Å²) in [6.45, 7) is 1.84. The van der Waals surface area contributed by atoms with Crippen molar-refractivity contribution >= 4 is 17.4 Å². The molecule has 0 spiro atoms. The summed E-state index contributed by atoms with van der Waals surface area (Å²) in [7, 11) is 0. The Kier molecular flexibility index (Phi) is 3.91. The number of hydrogen-bond donors (Lipinski definition) is 0. The molecule has 0 unspecified atom stereocenters. The Hall–Kier alpha value is -2.21. The highest BCUT2D eigenvalue weighted by Gasteiger charge is 2.17. The number of nitro groups is 1. The molecule has 2 aromatic heterocycles. The lowest BCUT2D eigenvalue weighted by molar-refractivity contribution is -0.390. The summed E-state index contributed by atoms with van der Waals surface area (Å²) in [6.07, 6.45) is 1.55. The molecule has 19 heavy (non-hydrogen) atoms. The lowest BCUT2D eigenvalue weighted by Crippen LogP contribution is -2.02. The summed E-state index contributed by atoms with van der Waals surface area (Å²) in [5.41, 5.74) is 1.33. The third kappa shape index (κ3) is 3.38. The Morgan fingerprint density at radius 1 is 1.37 bits per heavy atom. The topological polar surface area (TPSA) is 78.2 Å². The Labute approximate surface area is 114 Å². The Morgan fingerprint density at radius 3 is 2.79 bits per heavy atom. The molecule has 0 aliphatic rings. The van der Waals surface area contributed by atoms with Crippen LogP contribution in [0.5, 0.6) is 5.75 Å². The van der Waals surface area contributed by atoms with Crippen molar-refractivity contribution in [3.63, 3.8) is 0 Å². The van der Waals surface area contributed by atoms with Crippen molar-refractivity contribution < 1.29 is 9.66 Å². The molecule has 0 aromatic carbocycles. The Balaban J connectivity index is 2.15. The van der Waals surface area contributed by atoms with Crippen LogP contribution in [0.2, 0.25) is 5.15 Å². The molecular formula is C12H10ClN3O3. The van der Waals surface area contributed by atoms with Gasteiger partial charge in [-0.05, 0) is 28.1 Å². The molecule has 0 aliphatic carbocycles. The molecule has 98 valence electrons. The molecule has 0 fully saturated rings. The minimum absolute atomic E-state index is 0.130. The van der Waals surface area contributed by atoms with E-state index in [-0.39, 0.29) is 18.2 Å². The van der Waals surface area contributed by atoms with Gasteiger partial charge in [0.1, 0.15) is 17.5 Å². The normalized spacial score (nSPS) is 10.2. The molecule has 0 atom stereocenters. The van der Waals surface area contributed by atoms with Crippen molar-refractivity contribution in [2.75, 3.05) is 0 Å². The number of pyridine rings is 2. The largest absolute Gasteiger partial charge is 0.481 e. The van der Waals surface area contributed by atoms with Crippen LogP contribution in [0.1, 0.15) is 11.3 Å². The summed E-state index contributed by atoms with van der Waals surface area (Å²) in [6, 6.07) is 6.55. The fourth-order valence-corrected chi connectivity index (χ4v) is 1.54. The zero-order valence-electron chi connectivity index (χ0n) is 10.0. The van der Waals surface area contributed by atoms with E-state index in [0.717, 1.165) is 5.56 Å². The SMILES string of the molecule is Cc1ccc(OCc2ccc(Cl)nc2)c([N+](=O)[O-])n1. The van der Waals surface area contributed by atoms with Crippen LogP contribution in [0.4, 0.5) is 5.82 Å².